The van der Waals surface area contributed by atoms with Crippen molar-refractivity contribution in [1.82, 2.24) is 0 Å². The van der Waals surface area contributed by atoms with Gasteiger partial charge in [-0.2, -0.15) is 0 Å². The van der Waals surface area contributed by atoms with Gasteiger partial charge in [-0.1, -0.05) is 12.8 Å². The third-order valence-electron chi connectivity index (χ3n) is 1.42. The molecule has 4 nitrogen and oxygen atoms in total. The zero-order valence-electron chi connectivity index (χ0n) is 7.36. The van der Waals surface area contributed by atoms with Crippen LogP contribution in [-0.4, -0.2) is 25.2 Å². The fourth-order valence-electron chi connectivity index (χ4n) is 0.827. The first-order chi connectivity index (χ1) is 5.91. The molecule has 0 N–H and O–H groups in total. The van der Waals surface area contributed by atoms with E-state index in [0.717, 1.165) is 25.7 Å². The van der Waals surface area contributed by atoms with Crippen molar-refractivity contribution < 1.29 is 9.59 Å². The van der Waals surface area contributed by atoms with Gasteiger partial charge in [0.15, 0.2) is 0 Å². The molecule has 0 aliphatic carbocycles. The van der Waals surface area contributed by atoms with Crippen molar-refractivity contribution in [2.75, 3.05) is 13.1 Å². The molecule has 0 heterocycles. The lowest BCUT2D eigenvalue weighted by molar-refractivity contribution is 0.558. The summed E-state index contributed by atoms with van der Waals surface area (Å²) in [5.41, 5.74) is 0. The Morgan fingerprint density at radius 2 is 1.15 bits per heavy atom. The van der Waals surface area contributed by atoms with E-state index in [1.807, 2.05) is 0 Å². The Hall–Kier alpha value is -0.950. The molecule has 0 aromatic heterocycles. The van der Waals surface area contributed by atoms with Gasteiger partial charge in [-0.25, -0.2) is 19.6 Å². The predicted octanol–water partition coefficient (Wildman–Crippen LogP) is 1.64. The largest absolute Gasteiger partial charge is 0.234 e. The fourth-order valence-corrected chi connectivity index (χ4v) is 0.827. The van der Waals surface area contributed by atoms with Crippen LogP contribution in [0.4, 0.5) is 0 Å². The van der Waals surface area contributed by atoms with Crippen LogP contribution in [0, 0.1) is 0 Å². The Balaban J connectivity index is 0. The number of aliphatic imine (C=N–C) groups is 2. The van der Waals surface area contributed by atoms with Gasteiger partial charge in [0.25, 0.3) is 0 Å². The maximum atomic E-state index is 9.63. The first-order valence-electron chi connectivity index (χ1n) is 3.99. The van der Waals surface area contributed by atoms with Gasteiger partial charge < -0.3 is 0 Å². The number of unbranched alkanes of at least 4 members (excludes halogenated alkanes) is 3. The number of hydrogen-bond acceptors (Lipinski definition) is 4. The summed E-state index contributed by atoms with van der Waals surface area (Å²) in [6.45, 7) is 1.11. The molecule has 0 aromatic rings. The van der Waals surface area contributed by atoms with E-state index < -0.39 is 0 Å². The highest BCUT2D eigenvalue weighted by molar-refractivity contribution is 5.85. The number of nitrogens with zero attached hydrogens (tertiary/aromatic N) is 2. The summed E-state index contributed by atoms with van der Waals surface area (Å²) in [6.07, 6.45) is 6.80. The number of carbonyl (C=O) groups excluding carboxylic acids is 2. The molecule has 74 valence electrons. The van der Waals surface area contributed by atoms with E-state index in [4.69, 9.17) is 0 Å². The number of hydrogen-bond donors (Lipinski definition) is 0. The minimum Gasteiger partial charge on any atom is -0.211 e. The third-order valence-corrected chi connectivity index (χ3v) is 1.42. The van der Waals surface area contributed by atoms with Gasteiger partial charge in [0.2, 0.25) is 12.2 Å². The lowest BCUT2D eigenvalue weighted by Crippen LogP contribution is -1.84. The summed E-state index contributed by atoms with van der Waals surface area (Å²) in [6, 6.07) is 0. The molecule has 0 fully saturated rings. The van der Waals surface area contributed by atoms with Crippen LogP contribution in [0.3, 0.4) is 0 Å². The van der Waals surface area contributed by atoms with Crippen molar-refractivity contribution in [3.05, 3.63) is 0 Å². The average molecular weight is 205 g/mol. The normalized spacial score (nSPS) is 7.69. The molecule has 0 radical (unpaired) electrons. The highest BCUT2D eigenvalue weighted by Gasteiger charge is 1.87. The lowest BCUT2D eigenvalue weighted by atomic mass is 10.2. The highest BCUT2D eigenvalue weighted by atomic mass is 35.5. The fraction of sp³-hybridized carbons (Fsp3) is 0.750. The number of isocyanates is 2. The molecule has 0 unspecified atom stereocenters. The summed E-state index contributed by atoms with van der Waals surface area (Å²) >= 11 is 0. The molecular weight excluding hydrogens is 192 g/mol. The van der Waals surface area contributed by atoms with Crippen LogP contribution in [-0.2, 0) is 9.59 Å². The molecule has 5 heteroatoms. The second kappa shape index (κ2) is 13.6. The molecule has 13 heavy (non-hydrogen) atoms. The third kappa shape index (κ3) is 14.0. The molecule has 0 atom stereocenters. The quantitative estimate of drug-likeness (QED) is 0.360. The molecule has 0 aliphatic rings. The van der Waals surface area contributed by atoms with E-state index >= 15 is 0 Å². The second-order valence-electron chi connectivity index (χ2n) is 2.36. The van der Waals surface area contributed by atoms with Crippen LogP contribution < -0.4 is 0 Å². The SMILES string of the molecule is Cl.O=C=NCCCCCCN=C=O. The minimum absolute atomic E-state index is 0. The number of rotatable bonds is 7. The first kappa shape index (κ1) is 14.6. The van der Waals surface area contributed by atoms with E-state index in [2.05, 4.69) is 9.98 Å². The van der Waals surface area contributed by atoms with Crippen molar-refractivity contribution in [2.24, 2.45) is 9.98 Å². The van der Waals surface area contributed by atoms with Crippen LogP contribution in [0.2, 0.25) is 0 Å². The average Bonchev–Trinajstić information content (AvgIpc) is 2.10. The molecule has 0 rings (SSSR count). The van der Waals surface area contributed by atoms with Gasteiger partial charge in [0, 0.05) is 0 Å². The molecule has 0 aromatic carbocycles. The Morgan fingerprint density at radius 3 is 1.46 bits per heavy atom. The van der Waals surface area contributed by atoms with E-state index in [1.54, 1.807) is 0 Å². The van der Waals surface area contributed by atoms with Crippen molar-refractivity contribution in [3.63, 3.8) is 0 Å². The van der Waals surface area contributed by atoms with Crippen LogP contribution in [0.1, 0.15) is 25.7 Å². The van der Waals surface area contributed by atoms with E-state index in [1.165, 1.54) is 12.2 Å². The summed E-state index contributed by atoms with van der Waals surface area (Å²) in [7, 11) is 0. The Morgan fingerprint density at radius 1 is 0.769 bits per heavy atom. The van der Waals surface area contributed by atoms with Gasteiger partial charge in [-0.15, -0.1) is 12.4 Å². The van der Waals surface area contributed by atoms with Crippen molar-refractivity contribution >= 4 is 24.6 Å². The zero-order valence-corrected chi connectivity index (χ0v) is 8.18. The summed E-state index contributed by atoms with van der Waals surface area (Å²) < 4.78 is 0. The van der Waals surface area contributed by atoms with Gasteiger partial charge in [-0.3, -0.25) is 0 Å². The first-order valence-corrected chi connectivity index (χ1v) is 3.99. The van der Waals surface area contributed by atoms with E-state index in [9.17, 15) is 9.59 Å². The van der Waals surface area contributed by atoms with Crippen LogP contribution >= 0.6 is 12.4 Å². The monoisotopic (exact) mass is 204 g/mol. The summed E-state index contributed by atoms with van der Waals surface area (Å²) in [5, 5.41) is 0. The Kier molecular flexibility index (Phi) is 15.3. The molecule has 0 saturated carbocycles. The maximum absolute atomic E-state index is 9.63. The van der Waals surface area contributed by atoms with E-state index in [0.29, 0.717) is 13.1 Å². The van der Waals surface area contributed by atoms with Gasteiger partial charge in [0.05, 0.1) is 13.1 Å². The maximum Gasteiger partial charge on any atom is 0.234 e. The minimum atomic E-state index is 0. The molecule has 0 amide bonds. The van der Waals surface area contributed by atoms with Crippen molar-refractivity contribution in [3.8, 4) is 0 Å². The second-order valence-corrected chi connectivity index (χ2v) is 2.36. The standard InChI is InChI=1S/C8H12N2O2.ClH/c11-7-9-5-3-1-2-4-6-10-8-12;/h1-6H2;1H. The Bertz CT molecular complexity index is 174. The molecule has 0 aliphatic heterocycles. The van der Waals surface area contributed by atoms with Crippen molar-refractivity contribution in [2.45, 2.75) is 25.7 Å². The van der Waals surface area contributed by atoms with Crippen LogP contribution in [0.5, 0.6) is 0 Å². The van der Waals surface area contributed by atoms with Gasteiger partial charge in [0.1, 0.15) is 0 Å². The smallest absolute Gasteiger partial charge is 0.211 e. The van der Waals surface area contributed by atoms with Crippen LogP contribution in [0.25, 0.3) is 0 Å². The molecule has 0 bridgehead atoms. The van der Waals surface area contributed by atoms with E-state index in [-0.39, 0.29) is 12.4 Å². The Labute approximate surface area is 83.6 Å². The number of halogens is 1. The van der Waals surface area contributed by atoms with Crippen LogP contribution in [0.15, 0.2) is 9.98 Å². The predicted molar refractivity (Wildman–Crippen MR) is 51.7 cm³/mol. The summed E-state index contributed by atoms with van der Waals surface area (Å²) in [5.74, 6) is 0. The topological polar surface area (TPSA) is 58.9 Å². The highest BCUT2D eigenvalue weighted by Crippen LogP contribution is 1.99. The molecule has 0 spiro atoms. The molecule has 0 saturated heterocycles. The lowest BCUT2D eigenvalue weighted by Gasteiger charge is -1.93. The zero-order chi connectivity index (χ0) is 9.07. The van der Waals surface area contributed by atoms with Gasteiger partial charge >= 0.3 is 0 Å². The van der Waals surface area contributed by atoms with Gasteiger partial charge in [-0.05, 0) is 12.8 Å². The van der Waals surface area contributed by atoms with Crippen molar-refractivity contribution in [1.29, 1.82) is 0 Å². The molecular formula is C8H13ClN2O2. The summed E-state index contributed by atoms with van der Waals surface area (Å²) in [4.78, 5) is 26.1.